The van der Waals surface area contributed by atoms with Crippen LogP contribution in [0.3, 0.4) is 0 Å². The van der Waals surface area contributed by atoms with Gasteiger partial charge in [0.1, 0.15) is 0 Å². The third-order valence-corrected chi connectivity index (χ3v) is 4.79. The van der Waals surface area contributed by atoms with Crippen LogP contribution in [-0.2, 0) is 16.0 Å². The molecule has 1 fully saturated rings. The number of para-hydroxylation sites is 1. The summed E-state index contributed by atoms with van der Waals surface area (Å²) in [4.78, 5) is 19.1. The summed E-state index contributed by atoms with van der Waals surface area (Å²) in [6.45, 7) is 8.07. The Balaban J connectivity index is 1.38. The van der Waals surface area contributed by atoms with Crippen LogP contribution in [0.1, 0.15) is 32.3 Å². The maximum absolute atomic E-state index is 12.2. The number of hydrogen-bond donors (Lipinski definition) is 1. The van der Waals surface area contributed by atoms with Crippen molar-refractivity contribution in [2.75, 3.05) is 26.2 Å². The summed E-state index contributed by atoms with van der Waals surface area (Å²) < 4.78 is 5.76. The predicted octanol–water partition coefficient (Wildman–Crippen LogP) is 2.78. The van der Waals surface area contributed by atoms with Gasteiger partial charge in [-0.2, -0.15) is 0 Å². The fourth-order valence-electron chi connectivity index (χ4n) is 3.70. The van der Waals surface area contributed by atoms with E-state index in [1.165, 1.54) is 0 Å². The zero-order valence-electron chi connectivity index (χ0n) is 15.8. The Bertz CT molecular complexity index is 719. The molecule has 0 bridgehead atoms. The summed E-state index contributed by atoms with van der Waals surface area (Å²) in [7, 11) is 0. The molecule has 0 radical (unpaired) electrons. The number of carbonyl (C=O) groups is 1. The fourth-order valence-corrected chi connectivity index (χ4v) is 3.70. The number of aromatic nitrogens is 1. The van der Waals surface area contributed by atoms with Gasteiger partial charge in [-0.15, -0.1) is 0 Å². The Morgan fingerprint density at radius 2 is 1.96 bits per heavy atom. The second-order valence-corrected chi connectivity index (χ2v) is 7.24. The Hall–Kier alpha value is -1.98. The molecule has 1 aliphatic heterocycles. The number of hydrogen-bond acceptors (Lipinski definition) is 4. The van der Waals surface area contributed by atoms with Crippen molar-refractivity contribution in [1.82, 2.24) is 15.2 Å². The van der Waals surface area contributed by atoms with E-state index in [2.05, 4.69) is 29.0 Å². The van der Waals surface area contributed by atoms with E-state index in [9.17, 15) is 4.79 Å². The van der Waals surface area contributed by atoms with Crippen LogP contribution in [0.5, 0.6) is 0 Å². The quantitative estimate of drug-likeness (QED) is 0.776. The molecule has 1 aliphatic rings. The summed E-state index contributed by atoms with van der Waals surface area (Å²) in [6.07, 6.45) is 4.87. The van der Waals surface area contributed by atoms with Gasteiger partial charge in [0.05, 0.1) is 24.1 Å². The average Bonchev–Trinajstić information content (AvgIpc) is 2.61. The summed E-state index contributed by atoms with van der Waals surface area (Å²) in [5, 5.41) is 4.12. The lowest BCUT2D eigenvalue weighted by atomic mass is 10.1. The van der Waals surface area contributed by atoms with E-state index in [0.29, 0.717) is 18.6 Å². The lowest BCUT2D eigenvalue weighted by Gasteiger charge is -2.35. The number of ether oxygens (including phenoxy) is 1. The lowest BCUT2D eigenvalue weighted by molar-refractivity contribution is -0.120. The fraction of sp³-hybridized carbons (Fsp3) is 0.524. The lowest BCUT2D eigenvalue weighted by Crippen LogP contribution is -2.45. The van der Waals surface area contributed by atoms with Crippen LogP contribution in [0.15, 0.2) is 36.5 Å². The molecule has 1 saturated heterocycles. The van der Waals surface area contributed by atoms with Crippen molar-refractivity contribution in [2.24, 2.45) is 0 Å². The van der Waals surface area contributed by atoms with Crippen molar-refractivity contribution < 1.29 is 9.53 Å². The van der Waals surface area contributed by atoms with Crippen molar-refractivity contribution in [1.29, 1.82) is 0 Å². The third kappa shape index (κ3) is 5.26. The Kier molecular flexibility index (Phi) is 6.58. The van der Waals surface area contributed by atoms with E-state index in [-0.39, 0.29) is 5.91 Å². The molecule has 0 saturated carbocycles. The van der Waals surface area contributed by atoms with E-state index in [0.717, 1.165) is 55.5 Å². The van der Waals surface area contributed by atoms with Gasteiger partial charge in [-0.05, 0) is 44.9 Å². The molecule has 2 heterocycles. The van der Waals surface area contributed by atoms with Crippen LogP contribution in [0.25, 0.3) is 10.9 Å². The van der Waals surface area contributed by atoms with Crippen LogP contribution in [0.4, 0.5) is 0 Å². The monoisotopic (exact) mass is 355 g/mol. The highest BCUT2D eigenvalue weighted by atomic mass is 16.5. The Morgan fingerprint density at radius 1 is 1.19 bits per heavy atom. The molecule has 2 atom stereocenters. The predicted molar refractivity (Wildman–Crippen MR) is 104 cm³/mol. The molecule has 140 valence electrons. The zero-order valence-corrected chi connectivity index (χ0v) is 15.8. The van der Waals surface area contributed by atoms with Gasteiger partial charge in [-0.1, -0.05) is 24.3 Å². The number of benzene rings is 1. The number of amides is 1. The van der Waals surface area contributed by atoms with Crippen molar-refractivity contribution in [3.63, 3.8) is 0 Å². The van der Waals surface area contributed by atoms with Gasteiger partial charge in [0.15, 0.2) is 0 Å². The number of rotatable bonds is 7. The van der Waals surface area contributed by atoms with Crippen LogP contribution >= 0.6 is 0 Å². The average molecular weight is 355 g/mol. The molecule has 2 aromatic rings. The normalized spacial score (nSPS) is 21.0. The standard InChI is InChI=1S/C21H29N3O2/c1-16-14-24(15-17(2)26-16)12-4-3-10-22-20(25)13-19-8-5-7-18-9-6-11-23-21(18)19/h5-9,11,16-17H,3-4,10,12-15H2,1-2H3,(H,22,25). The minimum Gasteiger partial charge on any atom is -0.373 e. The molecule has 1 aromatic carbocycles. The molecular weight excluding hydrogens is 326 g/mol. The second kappa shape index (κ2) is 9.10. The highest BCUT2D eigenvalue weighted by Crippen LogP contribution is 2.16. The van der Waals surface area contributed by atoms with Crippen LogP contribution in [0.2, 0.25) is 0 Å². The van der Waals surface area contributed by atoms with Crippen molar-refractivity contribution in [3.8, 4) is 0 Å². The first kappa shape index (κ1) is 18.8. The summed E-state index contributed by atoms with van der Waals surface area (Å²) in [5.41, 5.74) is 1.90. The molecule has 0 spiro atoms. The van der Waals surface area contributed by atoms with Crippen LogP contribution < -0.4 is 5.32 Å². The first-order valence-corrected chi connectivity index (χ1v) is 9.59. The van der Waals surface area contributed by atoms with E-state index in [1.54, 1.807) is 6.20 Å². The topological polar surface area (TPSA) is 54.5 Å². The maximum Gasteiger partial charge on any atom is 0.224 e. The Morgan fingerprint density at radius 3 is 2.77 bits per heavy atom. The van der Waals surface area contributed by atoms with Crippen molar-refractivity contribution in [3.05, 3.63) is 42.1 Å². The van der Waals surface area contributed by atoms with Gasteiger partial charge in [0.25, 0.3) is 0 Å². The van der Waals surface area contributed by atoms with E-state index in [1.807, 2.05) is 30.3 Å². The first-order chi connectivity index (χ1) is 12.6. The van der Waals surface area contributed by atoms with Gasteiger partial charge in [-0.3, -0.25) is 14.7 Å². The Labute approximate surface area is 155 Å². The summed E-state index contributed by atoms with van der Waals surface area (Å²) >= 11 is 0. The van der Waals surface area contributed by atoms with Gasteiger partial charge >= 0.3 is 0 Å². The molecule has 3 rings (SSSR count). The SMILES string of the molecule is CC1CN(CCCCNC(=O)Cc2cccc3cccnc23)CC(C)O1. The smallest absolute Gasteiger partial charge is 0.224 e. The molecule has 5 heteroatoms. The molecule has 26 heavy (non-hydrogen) atoms. The minimum atomic E-state index is 0.0665. The number of carbonyl (C=O) groups excluding carboxylic acids is 1. The molecule has 1 N–H and O–H groups in total. The second-order valence-electron chi connectivity index (χ2n) is 7.24. The van der Waals surface area contributed by atoms with E-state index in [4.69, 9.17) is 4.74 Å². The van der Waals surface area contributed by atoms with E-state index < -0.39 is 0 Å². The zero-order chi connectivity index (χ0) is 18.4. The van der Waals surface area contributed by atoms with Gasteiger partial charge in [-0.25, -0.2) is 0 Å². The summed E-state index contributed by atoms with van der Waals surface area (Å²) in [5.74, 6) is 0.0665. The van der Waals surface area contributed by atoms with Crippen LogP contribution in [0, 0.1) is 0 Å². The number of nitrogens with zero attached hydrogens (tertiary/aromatic N) is 2. The molecule has 1 aromatic heterocycles. The molecular formula is C21H29N3O2. The molecule has 0 aliphatic carbocycles. The number of fused-ring (bicyclic) bond motifs is 1. The maximum atomic E-state index is 12.2. The molecule has 1 amide bonds. The molecule has 2 unspecified atom stereocenters. The van der Waals surface area contributed by atoms with E-state index >= 15 is 0 Å². The van der Waals surface area contributed by atoms with Gasteiger partial charge < -0.3 is 10.1 Å². The number of nitrogens with one attached hydrogen (secondary N) is 1. The third-order valence-electron chi connectivity index (χ3n) is 4.79. The van der Waals surface area contributed by atoms with Gasteiger partial charge in [0, 0.05) is 31.2 Å². The van der Waals surface area contributed by atoms with Crippen LogP contribution in [-0.4, -0.2) is 54.2 Å². The molecule has 5 nitrogen and oxygen atoms in total. The van der Waals surface area contributed by atoms with Crippen molar-refractivity contribution in [2.45, 2.75) is 45.3 Å². The summed E-state index contributed by atoms with van der Waals surface area (Å²) in [6, 6.07) is 9.93. The first-order valence-electron chi connectivity index (χ1n) is 9.59. The number of morpholine rings is 1. The highest BCUT2D eigenvalue weighted by molar-refractivity contribution is 5.87. The number of unbranched alkanes of at least 4 members (excludes halogenated alkanes) is 1. The minimum absolute atomic E-state index is 0.0665. The van der Waals surface area contributed by atoms with Gasteiger partial charge in [0.2, 0.25) is 5.91 Å². The number of pyridine rings is 1. The highest BCUT2D eigenvalue weighted by Gasteiger charge is 2.21. The largest absolute Gasteiger partial charge is 0.373 e. The van der Waals surface area contributed by atoms with Crippen molar-refractivity contribution >= 4 is 16.8 Å².